The highest BCUT2D eigenvalue weighted by Crippen LogP contribution is 2.15. The molecule has 0 aliphatic rings. The summed E-state index contributed by atoms with van der Waals surface area (Å²) in [5, 5.41) is 8.41. The lowest BCUT2D eigenvalue weighted by molar-refractivity contribution is 0.177. The summed E-state index contributed by atoms with van der Waals surface area (Å²) in [4.78, 5) is 0. The molecular weight excluding hydrogens is 204 g/mol. The first kappa shape index (κ1) is 13.1. The van der Waals surface area contributed by atoms with Gasteiger partial charge >= 0.3 is 0 Å². The van der Waals surface area contributed by atoms with Crippen LogP contribution in [0.5, 0.6) is 0 Å². The van der Waals surface area contributed by atoms with Crippen LogP contribution in [0.1, 0.15) is 37.7 Å². The van der Waals surface area contributed by atoms with Gasteiger partial charge in [-0.1, -0.05) is 12.1 Å². The van der Waals surface area contributed by atoms with Crippen LogP contribution in [0, 0.1) is 0 Å². The molecular formula is C11H22N4O. The summed E-state index contributed by atoms with van der Waals surface area (Å²) in [7, 11) is 1.72. The van der Waals surface area contributed by atoms with Crippen LogP contribution in [0.2, 0.25) is 0 Å². The summed E-state index contributed by atoms with van der Waals surface area (Å²) in [5.74, 6) is 0. The zero-order valence-electron chi connectivity index (χ0n) is 10.4. The molecule has 1 rings (SSSR count). The summed E-state index contributed by atoms with van der Waals surface area (Å²) in [6.45, 7) is 5.63. The minimum atomic E-state index is 0.328. The summed E-state index contributed by atoms with van der Waals surface area (Å²) < 4.78 is 7.08. The fraction of sp³-hybridized carbons (Fsp3) is 0.818. The Balaban J connectivity index is 2.78. The second-order valence-corrected chi connectivity index (χ2v) is 3.95. The predicted molar refractivity (Wildman–Crippen MR) is 63.4 cm³/mol. The van der Waals surface area contributed by atoms with Crippen LogP contribution in [-0.4, -0.2) is 35.3 Å². The number of hydrogen-bond acceptors (Lipinski definition) is 4. The number of methoxy groups -OCH3 is 1. The molecule has 0 aliphatic carbocycles. The first-order chi connectivity index (χ1) is 7.74. The van der Waals surface area contributed by atoms with Gasteiger partial charge in [0.15, 0.2) is 0 Å². The molecule has 0 aromatic carbocycles. The van der Waals surface area contributed by atoms with Crippen LogP contribution in [0.4, 0.5) is 0 Å². The van der Waals surface area contributed by atoms with Gasteiger partial charge in [0.25, 0.3) is 0 Å². The average Bonchev–Trinajstić information content (AvgIpc) is 2.69. The van der Waals surface area contributed by atoms with Crippen molar-refractivity contribution in [1.82, 2.24) is 15.0 Å². The number of rotatable bonds is 7. The lowest BCUT2D eigenvalue weighted by Crippen LogP contribution is -2.13. The molecule has 0 fully saturated rings. The first-order valence-electron chi connectivity index (χ1n) is 5.86. The zero-order chi connectivity index (χ0) is 12.0. The lowest BCUT2D eigenvalue weighted by atomic mass is 10.2. The second-order valence-electron chi connectivity index (χ2n) is 3.95. The molecule has 5 nitrogen and oxygen atoms in total. The lowest BCUT2D eigenvalue weighted by Gasteiger charge is -2.13. The molecule has 1 unspecified atom stereocenters. The van der Waals surface area contributed by atoms with Crippen molar-refractivity contribution in [3.63, 3.8) is 0 Å². The minimum Gasteiger partial charge on any atom is -0.385 e. The summed E-state index contributed by atoms with van der Waals surface area (Å²) in [5.41, 5.74) is 7.79. The van der Waals surface area contributed by atoms with E-state index < -0.39 is 0 Å². The van der Waals surface area contributed by atoms with Crippen molar-refractivity contribution in [1.29, 1.82) is 0 Å². The smallest absolute Gasteiger partial charge is 0.0871 e. The maximum absolute atomic E-state index is 5.55. The molecule has 1 aromatic rings. The fourth-order valence-corrected chi connectivity index (χ4v) is 1.81. The van der Waals surface area contributed by atoms with Gasteiger partial charge in [0.2, 0.25) is 0 Å². The van der Waals surface area contributed by atoms with Gasteiger partial charge in [0.1, 0.15) is 0 Å². The van der Waals surface area contributed by atoms with Gasteiger partial charge in [-0.3, -0.25) is 0 Å². The molecule has 0 saturated carbocycles. The standard InChI is InChI=1S/C11H22N4O/c1-4-11-10(5-7-12)13-14-15(11)9(2)6-8-16-3/h9H,4-8,12H2,1-3H3. The van der Waals surface area contributed by atoms with Crippen molar-refractivity contribution in [2.24, 2.45) is 5.73 Å². The summed E-state index contributed by atoms with van der Waals surface area (Å²) >= 11 is 0. The van der Waals surface area contributed by atoms with E-state index in [0.717, 1.165) is 31.6 Å². The van der Waals surface area contributed by atoms with Crippen molar-refractivity contribution in [3.8, 4) is 0 Å². The quantitative estimate of drug-likeness (QED) is 0.751. The SMILES string of the molecule is CCc1c(CCN)nnn1C(C)CCOC. The Morgan fingerprint density at radius 3 is 2.81 bits per heavy atom. The molecule has 0 amide bonds. The average molecular weight is 226 g/mol. The van der Waals surface area contributed by atoms with E-state index in [4.69, 9.17) is 10.5 Å². The van der Waals surface area contributed by atoms with Crippen molar-refractivity contribution in [3.05, 3.63) is 11.4 Å². The molecule has 16 heavy (non-hydrogen) atoms. The Hall–Kier alpha value is -0.940. The van der Waals surface area contributed by atoms with E-state index in [0.29, 0.717) is 12.6 Å². The fourth-order valence-electron chi connectivity index (χ4n) is 1.81. The van der Waals surface area contributed by atoms with Crippen molar-refractivity contribution in [2.75, 3.05) is 20.3 Å². The van der Waals surface area contributed by atoms with Crippen molar-refractivity contribution in [2.45, 2.75) is 39.2 Å². The number of hydrogen-bond donors (Lipinski definition) is 1. The topological polar surface area (TPSA) is 66.0 Å². The first-order valence-corrected chi connectivity index (χ1v) is 5.86. The monoisotopic (exact) mass is 226 g/mol. The zero-order valence-corrected chi connectivity index (χ0v) is 10.4. The van der Waals surface area contributed by atoms with Gasteiger partial charge in [0, 0.05) is 20.1 Å². The van der Waals surface area contributed by atoms with E-state index >= 15 is 0 Å². The van der Waals surface area contributed by atoms with Gasteiger partial charge in [-0.05, 0) is 26.3 Å². The van der Waals surface area contributed by atoms with Crippen LogP contribution in [0.25, 0.3) is 0 Å². The maximum atomic E-state index is 5.55. The largest absolute Gasteiger partial charge is 0.385 e. The molecule has 0 bridgehead atoms. The molecule has 0 aliphatic heterocycles. The van der Waals surface area contributed by atoms with E-state index in [1.165, 1.54) is 5.69 Å². The van der Waals surface area contributed by atoms with Crippen LogP contribution in [0.3, 0.4) is 0 Å². The molecule has 1 atom stereocenters. The van der Waals surface area contributed by atoms with Gasteiger partial charge < -0.3 is 10.5 Å². The van der Waals surface area contributed by atoms with E-state index in [9.17, 15) is 0 Å². The number of nitrogens with two attached hydrogens (primary N) is 1. The van der Waals surface area contributed by atoms with Gasteiger partial charge in [-0.25, -0.2) is 4.68 Å². The van der Waals surface area contributed by atoms with E-state index in [2.05, 4.69) is 24.2 Å². The highest BCUT2D eigenvalue weighted by Gasteiger charge is 2.14. The molecule has 0 radical (unpaired) electrons. The van der Waals surface area contributed by atoms with Crippen LogP contribution < -0.4 is 5.73 Å². The third-order valence-corrected chi connectivity index (χ3v) is 2.74. The van der Waals surface area contributed by atoms with Gasteiger partial charge in [-0.15, -0.1) is 5.10 Å². The molecule has 0 saturated heterocycles. The van der Waals surface area contributed by atoms with Crippen molar-refractivity contribution < 1.29 is 4.74 Å². The van der Waals surface area contributed by atoms with Gasteiger partial charge in [-0.2, -0.15) is 0 Å². The second kappa shape index (κ2) is 6.60. The number of ether oxygens (including phenoxy) is 1. The normalized spacial score (nSPS) is 13.0. The molecule has 2 N–H and O–H groups in total. The Kier molecular flexibility index (Phi) is 5.42. The molecule has 1 heterocycles. The summed E-state index contributed by atoms with van der Waals surface area (Å²) in [6, 6.07) is 0.328. The predicted octanol–water partition coefficient (Wildman–Crippen LogP) is 0.939. The van der Waals surface area contributed by atoms with Crippen LogP contribution in [-0.2, 0) is 17.6 Å². The summed E-state index contributed by atoms with van der Waals surface area (Å²) in [6.07, 6.45) is 2.70. The van der Waals surface area contributed by atoms with Gasteiger partial charge in [0.05, 0.1) is 17.4 Å². The molecule has 92 valence electrons. The van der Waals surface area contributed by atoms with E-state index in [-0.39, 0.29) is 0 Å². The number of nitrogens with zero attached hydrogens (tertiary/aromatic N) is 3. The Morgan fingerprint density at radius 1 is 1.50 bits per heavy atom. The van der Waals surface area contributed by atoms with Crippen molar-refractivity contribution >= 4 is 0 Å². The highest BCUT2D eigenvalue weighted by molar-refractivity contribution is 5.11. The third kappa shape index (κ3) is 3.02. The van der Waals surface area contributed by atoms with Crippen LogP contribution >= 0.6 is 0 Å². The van der Waals surface area contributed by atoms with E-state index in [1.54, 1.807) is 7.11 Å². The molecule has 0 spiro atoms. The molecule has 5 heteroatoms. The molecule has 1 aromatic heterocycles. The highest BCUT2D eigenvalue weighted by atomic mass is 16.5. The van der Waals surface area contributed by atoms with E-state index in [1.807, 2.05) is 4.68 Å². The number of aromatic nitrogens is 3. The maximum Gasteiger partial charge on any atom is 0.0871 e. The third-order valence-electron chi connectivity index (χ3n) is 2.74. The Bertz CT molecular complexity index is 311. The Labute approximate surface area is 97.0 Å². The Morgan fingerprint density at radius 2 is 2.25 bits per heavy atom. The minimum absolute atomic E-state index is 0.328. The van der Waals surface area contributed by atoms with Crippen LogP contribution in [0.15, 0.2) is 0 Å².